The molecule has 5 nitrogen and oxygen atoms in total. The second-order valence-corrected chi connectivity index (χ2v) is 4.37. The largest absolute Gasteiger partial charge is 0.480 e. The van der Waals surface area contributed by atoms with Crippen molar-refractivity contribution in [3.63, 3.8) is 0 Å². The van der Waals surface area contributed by atoms with Crippen LogP contribution in [0.2, 0.25) is 0 Å². The SMILES string of the molecule is N#Cc1cc(F)cc(CN2C(=O)CCC2C(=O)O)c1. The number of rotatable bonds is 3. The highest BCUT2D eigenvalue weighted by molar-refractivity contribution is 5.87. The maximum Gasteiger partial charge on any atom is 0.326 e. The average molecular weight is 262 g/mol. The quantitative estimate of drug-likeness (QED) is 0.889. The van der Waals surface area contributed by atoms with Gasteiger partial charge in [-0.25, -0.2) is 9.18 Å². The summed E-state index contributed by atoms with van der Waals surface area (Å²) in [5.74, 6) is -1.91. The number of carboxylic acids is 1. The first-order chi connectivity index (χ1) is 9.01. The van der Waals surface area contributed by atoms with Crippen molar-refractivity contribution in [2.24, 2.45) is 0 Å². The van der Waals surface area contributed by atoms with E-state index in [0.29, 0.717) is 5.56 Å². The third-order valence-electron chi connectivity index (χ3n) is 3.05. The minimum atomic E-state index is -1.07. The van der Waals surface area contributed by atoms with E-state index in [2.05, 4.69) is 0 Å². The Morgan fingerprint density at radius 1 is 1.53 bits per heavy atom. The van der Waals surface area contributed by atoms with Crippen LogP contribution in [0.5, 0.6) is 0 Å². The molecule has 1 N–H and O–H groups in total. The van der Waals surface area contributed by atoms with Crippen LogP contribution < -0.4 is 0 Å². The molecule has 0 bridgehead atoms. The minimum absolute atomic E-state index is 0.00222. The third-order valence-corrected chi connectivity index (χ3v) is 3.05. The summed E-state index contributed by atoms with van der Waals surface area (Å²) < 4.78 is 13.3. The fourth-order valence-electron chi connectivity index (χ4n) is 2.19. The molecule has 0 radical (unpaired) electrons. The lowest BCUT2D eigenvalue weighted by molar-refractivity contribution is -0.146. The van der Waals surface area contributed by atoms with Gasteiger partial charge < -0.3 is 10.0 Å². The Hall–Kier alpha value is -2.42. The molecule has 2 rings (SSSR count). The van der Waals surface area contributed by atoms with Crippen LogP contribution in [0.3, 0.4) is 0 Å². The summed E-state index contributed by atoms with van der Waals surface area (Å²) in [6.45, 7) is 0.00222. The van der Waals surface area contributed by atoms with Gasteiger partial charge in [0.25, 0.3) is 0 Å². The maximum absolute atomic E-state index is 13.3. The number of nitriles is 1. The van der Waals surface area contributed by atoms with Gasteiger partial charge in [0.2, 0.25) is 5.91 Å². The third kappa shape index (κ3) is 2.71. The number of amides is 1. The van der Waals surface area contributed by atoms with Gasteiger partial charge in [-0.15, -0.1) is 0 Å². The number of hydrogen-bond donors (Lipinski definition) is 1. The monoisotopic (exact) mass is 262 g/mol. The van der Waals surface area contributed by atoms with Crippen molar-refractivity contribution in [1.82, 2.24) is 4.90 Å². The van der Waals surface area contributed by atoms with Crippen molar-refractivity contribution in [3.8, 4) is 6.07 Å². The molecule has 1 heterocycles. The van der Waals surface area contributed by atoms with E-state index in [1.807, 2.05) is 6.07 Å². The predicted octanol–water partition coefficient (Wildman–Crippen LogP) is 1.27. The molecule has 19 heavy (non-hydrogen) atoms. The first-order valence-corrected chi connectivity index (χ1v) is 5.73. The molecule has 6 heteroatoms. The van der Waals surface area contributed by atoms with Crippen LogP contribution >= 0.6 is 0 Å². The Balaban J connectivity index is 2.25. The molecule has 1 amide bonds. The molecule has 98 valence electrons. The summed E-state index contributed by atoms with van der Waals surface area (Å²) in [6.07, 6.45) is 0.436. The van der Waals surface area contributed by atoms with E-state index in [0.717, 1.165) is 6.07 Å². The predicted molar refractivity (Wildman–Crippen MR) is 62.3 cm³/mol. The molecule has 1 atom stereocenters. The standard InChI is InChI=1S/C13H11FN2O3/c14-10-4-8(6-15)3-9(5-10)7-16-11(13(18)19)1-2-12(16)17/h3-5,11H,1-2,7H2,(H,18,19). The highest BCUT2D eigenvalue weighted by Crippen LogP contribution is 2.22. The fourth-order valence-corrected chi connectivity index (χ4v) is 2.19. The molecule has 1 aliphatic rings. The van der Waals surface area contributed by atoms with Crippen LogP contribution in [0.4, 0.5) is 4.39 Å². The maximum atomic E-state index is 13.3. The highest BCUT2D eigenvalue weighted by Gasteiger charge is 2.35. The Labute approximate surface area is 108 Å². The molecule has 1 saturated heterocycles. The van der Waals surface area contributed by atoms with Gasteiger partial charge in [0.1, 0.15) is 11.9 Å². The molecule has 1 aliphatic heterocycles. The first-order valence-electron chi connectivity index (χ1n) is 5.73. The van der Waals surface area contributed by atoms with Gasteiger partial charge in [-0.05, 0) is 30.2 Å². The molecule has 0 spiro atoms. The summed E-state index contributed by atoms with van der Waals surface area (Å²) in [5, 5.41) is 17.8. The Morgan fingerprint density at radius 2 is 2.26 bits per heavy atom. The Kier molecular flexibility index (Phi) is 3.47. The minimum Gasteiger partial charge on any atom is -0.480 e. The average Bonchev–Trinajstić information content (AvgIpc) is 2.70. The molecule has 1 fully saturated rings. The second kappa shape index (κ2) is 5.06. The van der Waals surface area contributed by atoms with Crippen LogP contribution in [0.1, 0.15) is 24.0 Å². The lowest BCUT2D eigenvalue weighted by atomic mass is 10.1. The Bertz CT molecular complexity index is 580. The zero-order chi connectivity index (χ0) is 14.0. The van der Waals surface area contributed by atoms with Crippen molar-refractivity contribution >= 4 is 11.9 Å². The summed E-state index contributed by atoms with van der Waals surface area (Å²) in [4.78, 5) is 23.9. The summed E-state index contributed by atoms with van der Waals surface area (Å²) >= 11 is 0. The number of carbonyl (C=O) groups excluding carboxylic acids is 1. The lowest BCUT2D eigenvalue weighted by Crippen LogP contribution is -2.37. The molecule has 0 aliphatic carbocycles. The number of carbonyl (C=O) groups is 2. The summed E-state index contributed by atoms with van der Waals surface area (Å²) in [5.41, 5.74) is 0.562. The zero-order valence-corrected chi connectivity index (χ0v) is 9.97. The number of hydrogen-bond acceptors (Lipinski definition) is 3. The molecule has 0 aromatic heterocycles. The van der Waals surface area contributed by atoms with Gasteiger partial charge in [0.05, 0.1) is 11.6 Å². The van der Waals surface area contributed by atoms with Gasteiger partial charge in [-0.2, -0.15) is 5.26 Å². The number of aliphatic carboxylic acids is 1. The van der Waals surface area contributed by atoms with E-state index in [-0.39, 0.29) is 30.9 Å². The lowest BCUT2D eigenvalue weighted by Gasteiger charge is -2.21. The Morgan fingerprint density at radius 3 is 2.89 bits per heavy atom. The van der Waals surface area contributed by atoms with E-state index in [4.69, 9.17) is 10.4 Å². The number of benzene rings is 1. The fraction of sp³-hybridized carbons (Fsp3) is 0.308. The van der Waals surface area contributed by atoms with Gasteiger partial charge >= 0.3 is 5.97 Å². The van der Waals surface area contributed by atoms with Crippen molar-refractivity contribution in [1.29, 1.82) is 5.26 Å². The van der Waals surface area contributed by atoms with Crippen LogP contribution in [0.25, 0.3) is 0 Å². The molecule has 0 saturated carbocycles. The van der Waals surface area contributed by atoms with Crippen LogP contribution in [0, 0.1) is 17.1 Å². The molecule has 1 aromatic rings. The number of nitrogens with zero attached hydrogens (tertiary/aromatic N) is 2. The summed E-state index contributed by atoms with van der Waals surface area (Å²) in [6, 6.07) is 4.68. The number of halogens is 1. The second-order valence-electron chi connectivity index (χ2n) is 4.37. The normalized spacial score (nSPS) is 18.4. The topological polar surface area (TPSA) is 81.4 Å². The molecular formula is C13H11FN2O3. The van der Waals surface area contributed by atoms with Crippen molar-refractivity contribution in [2.45, 2.75) is 25.4 Å². The van der Waals surface area contributed by atoms with Crippen LogP contribution in [0.15, 0.2) is 18.2 Å². The number of carboxylic acid groups (broad SMARTS) is 1. The van der Waals surface area contributed by atoms with Crippen molar-refractivity contribution < 1.29 is 19.1 Å². The van der Waals surface area contributed by atoms with E-state index in [1.54, 1.807) is 0 Å². The smallest absolute Gasteiger partial charge is 0.326 e. The van der Waals surface area contributed by atoms with E-state index in [1.165, 1.54) is 17.0 Å². The van der Waals surface area contributed by atoms with Crippen LogP contribution in [-0.4, -0.2) is 27.9 Å². The van der Waals surface area contributed by atoms with Crippen LogP contribution in [-0.2, 0) is 16.1 Å². The van der Waals surface area contributed by atoms with Gasteiger partial charge in [-0.1, -0.05) is 0 Å². The van der Waals surface area contributed by atoms with E-state index >= 15 is 0 Å². The number of likely N-dealkylation sites (tertiary alicyclic amines) is 1. The summed E-state index contributed by atoms with van der Waals surface area (Å²) in [7, 11) is 0. The highest BCUT2D eigenvalue weighted by atomic mass is 19.1. The molecule has 1 aromatic carbocycles. The molecular weight excluding hydrogens is 251 g/mol. The van der Waals surface area contributed by atoms with Crippen molar-refractivity contribution in [2.75, 3.05) is 0 Å². The van der Waals surface area contributed by atoms with E-state index < -0.39 is 17.8 Å². The van der Waals surface area contributed by atoms with Gasteiger partial charge in [0, 0.05) is 13.0 Å². The first kappa shape index (κ1) is 13.0. The molecule has 1 unspecified atom stereocenters. The van der Waals surface area contributed by atoms with Gasteiger partial charge in [-0.3, -0.25) is 4.79 Å². The zero-order valence-electron chi connectivity index (χ0n) is 9.97. The van der Waals surface area contributed by atoms with Gasteiger partial charge in [0.15, 0.2) is 0 Å². The van der Waals surface area contributed by atoms with Crippen molar-refractivity contribution in [3.05, 3.63) is 35.1 Å². The van der Waals surface area contributed by atoms with E-state index in [9.17, 15) is 14.0 Å².